The van der Waals surface area contributed by atoms with Gasteiger partial charge in [0.1, 0.15) is 25.0 Å². The third-order valence-electron chi connectivity index (χ3n) is 4.30. The third kappa shape index (κ3) is 5.14. The number of hydrogen-bond acceptors (Lipinski definition) is 5. The maximum Gasteiger partial charge on any atom is 0.143 e. The first-order chi connectivity index (χ1) is 14.3. The third-order valence-corrected chi connectivity index (χ3v) is 4.83. The number of oxime groups is 1. The summed E-state index contributed by atoms with van der Waals surface area (Å²) < 4.78 is 2.78. The van der Waals surface area contributed by atoms with Gasteiger partial charge in [-0.05, 0) is 29.3 Å². The lowest BCUT2D eigenvalue weighted by Crippen LogP contribution is -2.13. The molecular weight excluding hydrogens is 430 g/mol. The van der Waals surface area contributed by atoms with Crippen molar-refractivity contribution in [3.8, 4) is 11.1 Å². The van der Waals surface area contributed by atoms with E-state index in [1.807, 2.05) is 36.4 Å². The van der Waals surface area contributed by atoms with E-state index in [2.05, 4.69) is 60.4 Å². The van der Waals surface area contributed by atoms with Gasteiger partial charge in [0.2, 0.25) is 0 Å². The molecule has 0 bridgehead atoms. The number of nitrogens with zero attached hydrogens (tertiary/aromatic N) is 5. The van der Waals surface area contributed by atoms with Gasteiger partial charge >= 0.3 is 0 Å². The van der Waals surface area contributed by atoms with Crippen molar-refractivity contribution in [2.75, 3.05) is 0 Å². The molecule has 7 heteroatoms. The van der Waals surface area contributed by atoms with E-state index in [9.17, 15) is 0 Å². The molecule has 2 heterocycles. The van der Waals surface area contributed by atoms with Gasteiger partial charge in [0, 0.05) is 28.0 Å². The zero-order valence-electron chi connectivity index (χ0n) is 15.5. The molecule has 0 spiro atoms. The van der Waals surface area contributed by atoms with Crippen molar-refractivity contribution >= 4 is 21.6 Å². The Balaban J connectivity index is 1.54. The smallest absolute Gasteiger partial charge is 0.143 e. The van der Waals surface area contributed by atoms with Crippen LogP contribution in [0.2, 0.25) is 0 Å². The maximum atomic E-state index is 5.59. The molecule has 29 heavy (non-hydrogen) atoms. The van der Waals surface area contributed by atoms with Crippen LogP contribution in [0.4, 0.5) is 0 Å². The van der Waals surface area contributed by atoms with Gasteiger partial charge in [0.05, 0.1) is 6.54 Å². The molecule has 0 amide bonds. The molecule has 0 fully saturated rings. The quantitative estimate of drug-likeness (QED) is 0.303. The summed E-state index contributed by atoms with van der Waals surface area (Å²) in [6.07, 6.45) is 6.66. The minimum Gasteiger partial charge on any atom is -0.391 e. The van der Waals surface area contributed by atoms with Crippen molar-refractivity contribution in [3.63, 3.8) is 0 Å². The van der Waals surface area contributed by atoms with Gasteiger partial charge in [-0.1, -0.05) is 63.6 Å². The molecule has 0 saturated carbocycles. The van der Waals surface area contributed by atoms with E-state index < -0.39 is 0 Å². The fourth-order valence-electron chi connectivity index (χ4n) is 2.81. The molecule has 144 valence electrons. The summed E-state index contributed by atoms with van der Waals surface area (Å²) in [5.74, 6) is 0. The number of halogens is 1. The minimum atomic E-state index is 0.353. The van der Waals surface area contributed by atoms with Crippen LogP contribution in [0.1, 0.15) is 11.1 Å². The molecule has 4 aromatic rings. The zero-order chi connectivity index (χ0) is 19.9. The average Bonchev–Trinajstić information content (AvgIpc) is 3.28. The lowest BCUT2D eigenvalue weighted by molar-refractivity contribution is 0.129. The first-order valence-electron chi connectivity index (χ1n) is 9.04. The summed E-state index contributed by atoms with van der Waals surface area (Å²) in [6.45, 7) is 0.816. The van der Waals surface area contributed by atoms with E-state index in [4.69, 9.17) is 4.84 Å². The molecule has 0 aliphatic rings. The summed E-state index contributed by atoms with van der Waals surface area (Å²) >= 11 is 3.47. The van der Waals surface area contributed by atoms with Gasteiger partial charge in [0.25, 0.3) is 0 Å². The first kappa shape index (κ1) is 19.0. The van der Waals surface area contributed by atoms with Gasteiger partial charge in [0.15, 0.2) is 0 Å². The summed E-state index contributed by atoms with van der Waals surface area (Å²) in [4.78, 5) is 13.7. The zero-order valence-corrected chi connectivity index (χ0v) is 17.1. The normalized spacial score (nSPS) is 11.4. The minimum absolute atomic E-state index is 0.353. The number of aromatic nitrogens is 4. The van der Waals surface area contributed by atoms with Crippen LogP contribution < -0.4 is 0 Å². The Hall–Kier alpha value is -3.32. The van der Waals surface area contributed by atoms with E-state index in [1.165, 1.54) is 6.33 Å². The van der Waals surface area contributed by atoms with Gasteiger partial charge < -0.3 is 4.84 Å². The Morgan fingerprint density at radius 1 is 0.966 bits per heavy atom. The van der Waals surface area contributed by atoms with Crippen molar-refractivity contribution in [3.05, 3.63) is 101 Å². The highest BCUT2D eigenvalue weighted by atomic mass is 79.9. The van der Waals surface area contributed by atoms with Crippen LogP contribution in [0.15, 0.2) is 95.3 Å². The molecule has 6 nitrogen and oxygen atoms in total. The highest BCUT2D eigenvalue weighted by molar-refractivity contribution is 9.10. The Bertz CT molecular complexity index is 1060. The van der Waals surface area contributed by atoms with E-state index in [0.29, 0.717) is 13.2 Å². The van der Waals surface area contributed by atoms with Crippen molar-refractivity contribution < 1.29 is 4.84 Å². The second-order valence-corrected chi connectivity index (χ2v) is 7.27. The Morgan fingerprint density at radius 2 is 1.72 bits per heavy atom. The van der Waals surface area contributed by atoms with Crippen molar-refractivity contribution in [1.29, 1.82) is 0 Å². The summed E-state index contributed by atoms with van der Waals surface area (Å²) in [5.41, 5.74) is 4.98. The van der Waals surface area contributed by atoms with Crippen LogP contribution in [0.5, 0.6) is 0 Å². The lowest BCUT2D eigenvalue weighted by atomic mass is 10.0. The fraction of sp³-hybridized carbons (Fsp3) is 0.0909. The monoisotopic (exact) mass is 447 g/mol. The second kappa shape index (κ2) is 9.25. The molecule has 2 aromatic carbocycles. The molecule has 0 aliphatic heterocycles. The average molecular weight is 448 g/mol. The Labute approximate surface area is 177 Å². The predicted molar refractivity (Wildman–Crippen MR) is 115 cm³/mol. The summed E-state index contributed by atoms with van der Waals surface area (Å²) in [5, 5.41) is 8.55. The summed E-state index contributed by atoms with van der Waals surface area (Å²) in [6, 6.07) is 20.3. The van der Waals surface area contributed by atoms with Crippen molar-refractivity contribution in [2.24, 2.45) is 5.16 Å². The van der Waals surface area contributed by atoms with E-state index in [1.54, 1.807) is 23.4 Å². The van der Waals surface area contributed by atoms with E-state index in [-0.39, 0.29) is 0 Å². The number of rotatable bonds is 7. The molecule has 0 atom stereocenters. The van der Waals surface area contributed by atoms with Crippen molar-refractivity contribution in [1.82, 2.24) is 19.7 Å². The van der Waals surface area contributed by atoms with E-state index in [0.717, 1.165) is 32.4 Å². The van der Waals surface area contributed by atoms with E-state index >= 15 is 0 Å². The maximum absolute atomic E-state index is 5.59. The Kier molecular flexibility index (Phi) is 6.07. The molecule has 4 rings (SSSR count). The van der Waals surface area contributed by atoms with Crippen LogP contribution in [-0.2, 0) is 18.0 Å². The van der Waals surface area contributed by atoms with Crippen LogP contribution in [-0.4, -0.2) is 25.5 Å². The SMILES string of the molecule is Brc1ccc(-c2ccc(/C(Cn3cncn3)=N\OCc3cccnc3)cc2)cc1. The standard InChI is InChI=1S/C22H18BrN5O/c23-21-9-7-19(8-10-21)18-3-5-20(6-4-18)22(13-28-16-25-15-26-28)27-29-14-17-2-1-11-24-12-17/h1-12,15-16H,13-14H2/b27-22-. The molecule has 0 saturated heterocycles. The molecular formula is C22H18BrN5O. The van der Waals surface area contributed by atoms with Gasteiger partial charge in [-0.3, -0.25) is 4.98 Å². The predicted octanol–water partition coefficient (Wildman–Crippen LogP) is 4.72. The molecule has 0 radical (unpaired) electrons. The molecule has 0 N–H and O–H groups in total. The van der Waals surface area contributed by atoms with Gasteiger partial charge in [-0.15, -0.1) is 0 Å². The fourth-order valence-corrected chi connectivity index (χ4v) is 3.07. The molecule has 2 aromatic heterocycles. The highest BCUT2D eigenvalue weighted by Crippen LogP contribution is 2.22. The topological polar surface area (TPSA) is 65.2 Å². The largest absolute Gasteiger partial charge is 0.391 e. The lowest BCUT2D eigenvalue weighted by Gasteiger charge is -2.09. The van der Waals surface area contributed by atoms with Gasteiger partial charge in [-0.25, -0.2) is 9.67 Å². The first-order valence-corrected chi connectivity index (χ1v) is 9.84. The highest BCUT2D eigenvalue weighted by Gasteiger charge is 2.08. The van der Waals surface area contributed by atoms with Crippen molar-refractivity contribution in [2.45, 2.75) is 13.2 Å². The Morgan fingerprint density at radius 3 is 2.38 bits per heavy atom. The molecule has 0 unspecified atom stereocenters. The van der Waals surface area contributed by atoms with Crippen LogP contribution in [0, 0.1) is 0 Å². The second-order valence-electron chi connectivity index (χ2n) is 6.35. The van der Waals surface area contributed by atoms with Crippen LogP contribution >= 0.6 is 15.9 Å². The number of hydrogen-bond donors (Lipinski definition) is 0. The van der Waals surface area contributed by atoms with Gasteiger partial charge in [-0.2, -0.15) is 5.10 Å². The van der Waals surface area contributed by atoms with Crippen LogP contribution in [0.3, 0.4) is 0 Å². The van der Waals surface area contributed by atoms with Crippen LogP contribution in [0.25, 0.3) is 11.1 Å². The molecule has 0 aliphatic carbocycles. The number of benzene rings is 2. The number of pyridine rings is 1. The summed E-state index contributed by atoms with van der Waals surface area (Å²) in [7, 11) is 0.